The molecule has 0 spiro atoms. The van der Waals surface area contributed by atoms with Crippen LogP contribution in [0.25, 0.3) is 0 Å². The van der Waals surface area contributed by atoms with Crippen molar-refractivity contribution in [3.05, 3.63) is 35.4 Å². The number of rotatable bonds is 0. The molecule has 0 aliphatic rings. The first-order valence-electron chi connectivity index (χ1n) is 3.29. The van der Waals surface area contributed by atoms with E-state index in [1.54, 1.807) is 0 Å². The Balaban J connectivity index is 3.05. The van der Waals surface area contributed by atoms with Gasteiger partial charge in [0.15, 0.2) is 0 Å². The zero-order valence-electron chi connectivity index (χ0n) is 6.14. The molecule has 0 atom stereocenters. The standard InChI is InChI=1S/C9H6F2O/c10-8-3-4-9(11)7(6-8)2-1-5-12/h3-4,6,12H,5H2. The summed E-state index contributed by atoms with van der Waals surface area (Å²) in [4.78, 5) is 0. The van der Waals surface area contributed by atoms with E-state index in [-0.39, 0.29) is 12.2 Å². The molecule has 62 valence electrons. The van der Waals surface area contributed by atoms with Crippen LogP contribution in [0.1, 0.15) is 5.56 Å². The largest absolute Gasteiger partial charge is 0.384 e. The minimum absolute atomic E-state index is 0.0379. The summed E-state index contributed by atoms with van der Waals surface area (Å²) in [5, 5.41) is 8.30. The topological polar surface area (TPSA) is 20.2 Å². The highest BCUT2D eigenvalue weighted by Gasteiger charge is 1.99. The molecule has 0 aromatic heterocycles. The van der Waals surface area contributed by atoms with Gasteiger partial charge in [-0.3, -0.25) is 0 Å². The summed E-state index contributed by atoms with van der Waals surface area (Å²) < 4.78 is 25.2. The van der Waals surface area contributed by atoms with Crippen molar-refractivity contribution in [2.45, 2.75) is 0 Å². The van der Waals surface area contributed by atoms with Gasteiger partial charge in [-0.05, 0) is 18.2 Å². The Labute approximate surface area is 68.7 Å². The van der Waals surface area contributed by atoms with Crippen molar-refractivity contribution in [2.75, 3.05) is 6.61 Å². The highest BCUT2D eigenvalue weighted by Crippen LogP contribution is 2.07. The minimum atomic E-state index is -0.586. The lowest BCUT2D eigenvalue weighted by Gasteiger charge is -1.92. The number of aliphatic hydroxyl groups is 1. The molecule has 0 radical (unpaired) electrons. The normalized spacial score (nSPS) is 8.92. The predicted molar refractivity (Wildman–Crippen MR) is 40.3 cm³/mol. The molecule has 0 saturated carbocycles. The number of benzene rings is 1. The lowest BCUT2D eigenvalue weighted by atomic mass is 10.2. The van der Waals surface area contributed by atoms with Crippen LogP contribution in [0, 0.1) is 23.5 Å². The van der Waals surface area contributed by atoms with Crippen LogP contribution in [0.4, 0.5) is 8.78 Å². The third-order valence-corrected chi connectivity index (χ3v) is 1.23. The van der Waals surface area contributed by atoms with Crippen LogP contribution in [-0.2, 0) is 0 Å². The Morgan fingerprint density at radius 3 is 2.75 bits per heavy atom. The van der Waals surface area contributed by atoms with Gasteiger partial charge in [0.1, 0.15) is 18.2 Å². The van der Waals surface area contributed by atoms with Crippen LogP contribution in [-0.4, -0.2) is 11.7 Å². The van der Waals surface area contributed by atoms with Crippen LogP contribution in [0.15, 0.2) is 18.2 Å². The molecular formula is C9H6F2O. The molecule has 1 aromatic rings. The van der Waals surface area contributed by atoms with Gasteiger partial charge >= 0.3 is 0 Å². The van der Waals surface area contributed by atoms with Crippen molar-refractivity contribution in [1.82, 2.24) is 0 Å². The summed E-state index contributed by atoms with van der Waals surface area (Å²) in [5.41, 5.74) is -0.0379. The fraction of sp³-hybridized carbons (Fsp3) is 0.111. The summed E-state index contributed by atoms with van der Waals surface area (Å²) in [6.07, 6.45) is 0. The van der Waals surface area contributed by atoms with Crippen LogP contribution < -0.4 is 0 Å². The molecule has 0 amide bonds. The Hall–Kier alpha value is -1.40. The van der Waals surface area contributed by atoms with Gasteiger partial charge in [-0.2, -0.15) is 0 Å². The van der Waals surface area contributed by atoms with E-state index in [1.807, 2.05) is 0 Å². The molecule has 0 bridgehead atoms. The van der Waals surface area contributed by atoms with E-state index in [4.69, 9.17) is 5.11 Å². The molecule has 0 saturated heterocycles. The van der Waals surface area contributed by atoms with Crippen molar-refractivity contribution in [1.29, 1.82) is 0 Å². The Kier molecular flexibility index (Phi) is 2.78. The zero-order chi connectivity index (χ0) is 8.97. The highest BCUT2D eigenvalue weighted by atomic mass is 19.1. The summed E-state index contributed by atoms with van der Waals surface area (Å²) >= 11 is 0. The summed E-state index contributed by atoms with van der Waals surface area (Å²) in [6, 6.07) is 2.99. The Morgan fingerprint density at radius 1 is 1.33 bits per heavy atom. The smallest absolute Gasteiger partial charge is 0.139 e. The molecular weight excluding hydrogens is 162 g/mol. The van der Waals surface area contributed by atoms with E-state index in [1.165, 1.54) is 0 Å². The Morgan fingerprint density at radius 2 is 2.08 bits per heavy atom. The lowest BCUT2D eigenvalue weighted by molar-refractivity contribution is 0.350. The second-order valence-electron chi connectivity index (χ2n) is 2.08. The van der Waals surface area contributed by atoms with E-state index in [9.17, 15) is 8.78 Å². The number of aliphatic hydroxyl groups excluding tert-OH is 1. The van der Waals surface area contributed by atoms with E-state index in [0.717, 1.165) is 18.2 Å². The third-order valence-electron chi connectivity index (χ3n) is 1.23. The van der Waals surface area contributed by atoms with Crippen molar-refractivity contribution in [3.8, 4) is 11.8 Å². The first kappa shape index (κ1) is 8.69. The molecule has 0 unspecified atom stereocenters. The fourth-order valence-electron chi connectivity index (χ4n) is 0.728. The van der Waals surface area contributed by atoms with Gasteiger partial charge in [0.2, 0.25) is 0 Å². The molecule has 0 fully saturated rings. The first-order valence-corrected chi connectivity index (χ1v) is 3.29. The molecule has 1 nitrogen and oxygen atoms in total. The van der Waals surface area contributed by atoms with Crippen LogP contribution in [0.5, 0.6) is 0 Å². The van der Waals surface area contributed by atoms with Crippen LogP contribution in [0.2, 0.25) is 0 Å². The first-order chi connectivity index (χ1) is 5.74. The maximum atomic E-state index is 12.7. The molecule has 0 aliphatic heterocycles. The number of hydrogen-bond acceptors (Lipinski definition) is 1. The third kappa shape index (κ3) is 2.04. The van der Waals surface area contributed by atoms with Gasteiger partial charge in [0, 0.05) is 0 Å². The molecule has 3 heteroatoms. The summed E-state index contributed by atoms with van der Waals surface area (Å²) in [6.45, 7) is -0.365. The van der Waals surface area contributed by atoms with Gasteiger partial charge in [-0.15, -0.1) is 0 Å². The van der Waals surface area contributed by atoms with Gasteiger partial charge in [0.25, 0.3) is 0 Å². The number of hydrogen-bond donors (Lipinski definition) is 1. The SMILES string of the molecule is OCC#Cc1cc(F)ccc1F. The average Bonchev–Trinajstić information content (AvgIpc) is 2.07. The minimum Gasteiger partial charge on any atom is -0.384 e. The molecule has 0 heterocycles. The molecule has 12 heavy (non-hydrogen) atoms. The van der Waals surface area contributed by atoms with Gasteiger partial charge in [-0.1, -0.05) is 11.8 Å². The fourth-order valence-corrected chi connectivity index (χ4v) is 0.728. The van der Waals surface area contributed by atoms with Gasteiger partial charge in [-0.25, -0.2) is 8.78 Å². The van der Waals surface area contributed by atoms with Crippen LogP contribution in [0.3, 0.4) is 0 Å². The molecule has 1 aromatic carbocycles. The molecule has 1 N–H and O–H groups in total. The zero-order valence-corrected chi connectivity index (χ0v) is 6.14. The lowest BCUT2D eigenvalue weighted by Crippen LogP contribution is -1.85. The molecule has 1 rings (SSSR count). The number of halogens is 2. The monoisotopic (exact) mass is 168 g/mol. The van der Waals surface area contributed by atoms with Crippen LogP contribution >= 0.6 is 0 Å². The quantitative estimate of drug-likeness (QED) is 0.579. The second kappa shape index (κ2) is 3.84. The highest BCUT2D eigenvalue weighted by molar-refractivity contribution is 5.35. The predicted octanol–water partition coefficient (Wildman–Crippen LogP) is 1.31. The van der Waals surface area contributed by atoms with E-state index >= 15 is 0 Å². The van der Waals surface area contributed by atoms with E-state index < -0.39 is 11.6 Å². The summed E-state index contributed by atoms with van der Waals surface area (Å²) in [5.74, 6) is 3.39. The maximum absolute atomic E-state index is 12.7. The van der Waals surface area contributed by atoms with Gasteiger partial charge in [0.05, 0.1) is 5.56 Å². The van der Waals surface area contributed by atoms with Crippen molar-refractivity contribution in [2.24, 2.45) is 0 Å². The van der Waals surface area contributed by atoms with E-state index in [2.05, 4.69) is 11.8 Å². The van der Waals surface area contributed by atoms with Crippen molar-refractivity contribution >= 4 is 0 Å². The average molecular weight is 168 g/mol. The Bertz CT molecular complexity index is 336. The van der Waals surface area contributed by atoms with E-state index in [0.29, 0.717) is 0 Å². The summed E-state index contributed by atoms with van der Waals surface area (Å²) in [7, 11) is 0. The maximum Gasteiger partial charge on any atom is 0.139 e. The second-order valence-corrected chi connectivity index (χ2v) is 2.08. The molecule has 0 aliphatic carbocycles. The van der Waals surface area contributed by atoms with Crippen molar-refractivity contribution in [3.63, 3.8) is 0 Å². The van der Waals surface area contributed by atoms with Crippen molar-refractivity contribution < 1.29 is 13.9 Å². The van der Waals surface area contributed by atoms with Gasteiger partial charge < -0.3 is 5.11 Å².